The summed E-state index contributed by atoms with van der Waals surface area (Å²) in [6, 6.07) is 13.5. The molecular formula is C20H16FN2S+. The monoisotopic (exact) mass is 335 g/mol. The van der Waals surface area contributed by atoms with Gasteiger partial charge in [0.2, 0.25) is 5.69 Å². The fraction of sp³-hybridized carbons (Fsp3) is 0.100. The first-order chi connectivity index (χ1) is 11.6. The molecule has 4 rings (SSSR count). The van der Waals surface area contributed by atoms with Crippen molar-refractivity contribution in [1.82, 2.24) is 4.98 Å². The lowest BCUT2D eigenvalue weighted by atomic mass is 10.0. The Hall–Kier alpha value is -2.59. The first-order valence-corrected chi connectivity index (χ1v) is 8.54. The SMILES string of the molecule is Cc1ccccc1-c1c(F)cc(-c2cc3cnccc3s2)c[n+]1C. The van der Waals surface area contributed by atoms with Crippen LogP contribution in [0.3, 0.4) is 0 Å². The van der Waals surface area contributed by atoms with Crippen molar-refractivity contribution in [2.75, 3.05) is 0 Å². The van der Waals surface area contributed by atoms with Crippen molar-refractivity contribution in [2.24, 2.45) is 7.05 Å². The van der Waals surface area contributed by atoms with Gasteiger partial charge < -0.3 is 0 Å². The normalized spacial score (nSPS) is 11.1. The number of aromatic nitrogens is 2. The van der Waals surface area contributed by atoms with E-state index in [9.17, 15) is 4.39 Å². The van der Waals surface area contributed by atoms with Gasteiger partial charge in [0.15, 0.2) is 12.0 Å². The number of nitrogens with zero attached hydrogens (tertiary/aromatic N) is 2. The molecule has 3 aromatic heterocycles. The van der Waals surface area contributed by atoms with Crippen LogP contribution in [0, 0.1) is 12.7 Å². The molecule has 3 heterocycles. The highest BCUT2D eigenvalue weighted by atomic mass is 32.1. The van der Waals surface area contributed by atoms with Crippen LogP contribution in [-0.2, 0) is 7.05 Å². The molecule has 0 saturated heterocycles. The molecule has 0 unspecified atom stereocenters. The van der Waals surface area contributed by atoms with E-state index in [4.69, 9.17) is 0 Å². The minimum Gasteiger partial charge on any atom is -0.264 e. The summed E-state index contributed by atoms with van der Waals surface area (Å²) in [6.45, 7) is 2.00. The summed E-state index contributed by atoms with van der Waals surface area (Å²) in [7, 11) is 1.89. The average molecular weight is 335 g/mol. The lowest BCUT2D eigenvalue weighted by Gasteiger charge is -2.06. The molecule has 1 aromatic carbocycles. The van der Waals surface area contributed by atoms with Gasteiger partial charge in [-0.25, -0.2) is 0 Å². The van der Waals surface area contributed by atoms with E-state index in [2.05, 4.69) is 11.1 Å². The van der Waals surface area contributed by atoms with Crippen LogP contribution in [-0.4, -0.2) is 4.98 Å². The van der Waals surface area contributed by atoms with Crippen LogP contribution in [0.2, 0.25) is 0 Å². The van der Waals surface area contributed by atoms with E-state index in [1.54, 1.807) is 23.6 Å². The van der Waals surface area contributed by atoms with Crippen LogP contribution >= 0.6 is 11.3 Å². The Morgan fingerprint density at radius 2 is 1.96 bits per heavy atom. The summed E-state index contributed by atoms with van der Waals surface area (Å²) in [5, 5.41) is 1.09. The van der Waals surface area contributed by atoms with Gasteiger partial charge >= 0.3 is 0 Å². The van der Waals surface area contributed by atoms with Crippen LogP contribution in [0.25, 0.3) is 31.8 Å². The largest absolute Gasteiger partial charge is 0.264 e. The Bertz CT molecular complexity index is 996. The van der Waals surface area contributed by atoms with Crippen LogP contribution in [0.4, 0.5) is 4.39 Å². The minimum atomic E-state index is -0.208. The molecule has 2 nitrogen and oxygen atoms in total. The highest BCUT2D eigenvalue weighted by Gasteiger charge is 2.21. The molecule has 0 aliphatic rings. The molecule has 4 aromatic rings. The van der Waals surface area contributed by atoms with E-state index in [-0.39, 0.29) is 5.82 Å². The van der Waals surface area contributed by atoms with E-state index in [0.29, 0.717) is 5.69 Å². The minimum absolute atomic E-state index is 0.208. The Kier molecular flexibility index (Phi) is 3.62. The predicted molar refractivity (Wildman–Crippen MR) is 96.4 cm³/mol. The maximum absolute atomic E-state index is 14.9. The van der Waals surface area contributed by atoms with Gasteiger partial charge in [0, 0.05) is 27.4 Å². The van der Waals surface area contributed by atoms with E-state index in [1.165, 1.54) is 0 Å². The van der Waals surface area contributed by atoms with Gasteiger partial charge in [0.25, 0.3) is 0 Å². The first-order valence-electron chi connectivity index (χ1n) is 7.72. The average Bonchev–Trinajstić information content (AvgIpc) is 3.00. The second-order valence-corrected chi connectivity index (χ2v) is 6.96. The third kappa shape index (κ3) is 2.49. The number of rotatable bonds is 2. The maximum Gasteiger partial charge on any atom is 0.248 e. The van der Waals surface area contributed by atoms with Crippen molar-refractivity contribution in [3.05, 3.63) is 72.4 Å². The Morgan fingerprint density at radius 1 is 1.12 bits per heavy atom. The second-order valence-electron chi connectivity index (χ2n) is 5.88. The number of aryl methyl sites for hydroxylation is 2. The van der Waals surface area contributed by atoms with Crippen LogP contribution in [0.5, 0.6) is 0 Å². The maximum atomic E-state index is 14.9. The van der Waals surface area contributed by atoms with Crippen LogP contribution in [0.1, 0.15) is 5.56 Å². The zero-order chi connectivity index (χ0) is 16.7. The molecule has 0 bridgehead atoms. The van der Waals surface area contributed by atoms with Crippen molar-refractivity contribution in [3.8, 4) is 21.7 Å². The number of fused-ring (bicyclic) bond motifs is 1. The third-order valence-corrected chi connectivity index (χ3v) is 5.36. The van der Waals surface area contributed by atoms with E-state index >= 15 is 0 Å². The zero-order valence-corrected chi connectivity index (χ0v) is 14.3. The lowest BCUT2D eigenvalue weighted by Crippen LogP contribution is -2.32. The second kappa shape index (κ2) is 5.80. The number of halogens is 1. The number of pyridine rings is 2. The van der Waals surface area contributed by atoms with Gasteiger partial charge in [0.1, 0.15) is 7.05 Å². The van der Waals surface area contributed by atoms with Gasteiger partial charge in [-0.2, -0.15) is 8.96 Å². The number of thiophene rings is 1. The molecule has 0 radical (unpaired) electrons. The quantitative estimate of drug-likeness (QED) is 0.476. The van der Waals surface area contributed by atoms with E-state index in [0.717, 1.165) is 31.7 Å². The molecular weight excluding hydrogens is 319 g/mol. The zero-order valence-electron chi connectivity index (χ0n) is 13.5. The molecule has 0 aliphatic carbocycles. The molecule has 4 heteroatoms. The predicted octanol–water partition coefficient (Wildman–Crippen LogP) is 4.90. The molecule has 0 spiro atoms. The van der Waals surface area contributed by atoms with Crippen molar-refractivity contribution in [2.45, 2.75) is 6.92 Å². The van der Waals surface area contributed by atoms with Crippen molar-refractivity contribution < 1.29 is 8.96 Å². The van der Waals surface area contributed by atoms with Crippen molar-refractivity contribution in [3.63, 3.8) is 0 Å². The summed E-state index contributed by atoms with van der Waals surface area (Å²) < 4.78 is 17.9. The smallest absolute Gasteiger partial charge is 0.248 e. The molecule has 118 valence electrons. The third-order valence-electron chi connectivity index (χ3n) is 4.20. The molecule has 24 heavy (non-hydrogen) atoms. The van der Waals surface area contributed by atoms with Gasteiger partial charge in [-0.1, -0.05) is 18.2 Å². The van der Waals surface area contributed by atoms with Crippen LogP contribution < -0.4 is 4.57 Å². The fourth-order valence-corrected chi connectivity index (χ4v) is 4.01. The first kappa shape index (κ1) is 15.0. The molecule has 0 atom stereocenters. The number of hydrogen-bond donors (Lipinski definition) is 0. The van der Waals surface area contributed by atoms with E-state index < -0.39 is 0 Å². The van der Waals surface area contributed by atoms with E-state index in [1.807, 2.05) is 61.3 Å². The number of benzene rings is 1. The van der Waals surface area contributed by atoms with Gasteiger partial charge in [-0.3, -0.25) is 4.98 Å². The standard InChI is InChI=1S/C20H16FN2S/c1-13-5-3-4-6-16(13)20-17(21)9-15(12-23(20)2)19-10-14-11-22-8-7-18(14)24-19/h3-12H,1-2H3/q+1. The molecule has 0 aliphatic heterocycles. The fourth-order valence-electron chi connectivity index (χ4n) is 3.00. The van der Waals surface area contributed by atoms with Crippen molar-refractivity contribution in [1.29, 1.82) is 0 Å². The summed E-state index contributed by atoms with van der Waals surface area (Å²) in [5.41, 5.74) is 3.48. The molecule has 0 saturated carbocycles. The molecule has 0 amide bonds. The summed E-state index contributed by atoms with van der Waals surface area (Å²) in [5.74, 6) is -0.208. The highest BCUT2D eigenvalue weighted by Crippen LogP contribution is 2.34. The Balaban J connectivity index is 1.87. The van der Waals surface area contributed by atoms with Crippen LogP contribution in [0.15, 0.2) is 61.1 Å². The summed E-state index contributed by atoms with van der Waals surface area (Å²) >= 11 is 1.65. The topological polar surface area (TPSA) is 16.8 Å². The Labute approximate surface area is 143 Å². The Morgan fingerprint density at radius 3 is 2.71 bits per heavy atom. The molecule has 0 fully saturated rings. The van der Waals surface area contributed by atoms with Gasteiger partial charge in [-0.15, -0.1) is 11.3 Å². The van der Waals surface area contributed by atoms with Crippen molar-refractivity contribution >= 4 is 21.4 Å². The lowest BCUT2D eigenvalue weighted by molar-refractivity contribution is -0.661. The highest BCUT2D eigenvalue weighted by molar-refractivity contribution is 7.22. The molecule has 0 N–H and O–H groups in total. The number of hydrogen-bond acceptors (Lipinski definition) is 2. The van der Waals surface area contributed by atoms with Gasteiger partial charge in [0.05, 0.1) is 11.1 Å². The summed E-state index contributed by atoms with van der Waals surface area (Å²) in [4.78, 5) is 5.19. The summed E-state index contributed by atoms with van der Waals surface area (Å²) in [6.07, 6.45) is 5.61. The van der Waals surface area contributed by atoms with Gasteiger partial charge in [-0.05, 0) is 36.8 Å².